The van der Waals surface area contributed by atoms with E-state index in [1.54, 1.807) is 30.9 Å². The van der Waals surface area contributed by atoms with Crippen LogP contribution in [-0.2, 0) is 4.52 Å². The summed E-state index contributed by atoms with van der Waals surface area (Å²) in [5, 5.41) is 0. The third kappa shape index (κ3) is 3.50. The molecule has 3 N–H and O–H groups in total. The van der Waals surface area contributed by atoms with Crippen LogP contribution in [0.15, 0.2) is 24.3 Å². The Labute approximate surface area is 84.2 Å². The van der Waals surface area contributed by atoms with Gasteiger partial charge in [0, 0.05) is 0 Å². The van der Waals surface area contributed by atoms with Crippen molar-refractivity contribution in [1.29, 1.82) is 0 Å². The maximum atomic E-state index is 9.70. The Morgan fingerprint density at radius 1 is 1.36 bits per heavy atom. The number of nitrogens with two attached hydrogens (primary N) is 1. The molecule has 0 aromatic heterocycles. The van der Waals surface area contributed by atoms with E-state index in [1.165, 1.54) is 0 Å². The molecule has 80 valence electrons. The molecule has 0 aliphatic rings. The third-order valence-electron chi connectivity index (χ3n) is 1.60. The Morgan fingerprint density at radius 2 is 1.93 bits per heavy atom. The minimum atomic E-state index is -3.00. The Bertz CT molecular complexity index is 287. The van der Waals surface area contributed by atoms with Crippen LogP contribution in [0.5, 0.6) is 5.75 Å². The van der Waals surface area contributed by atoms with Crippen molar-refractivity contribution in [2.75, 3.05) is 19.0 Å². The quantitative estimate of drug-likeness (QED) is 0.596. The normalized spacial score (nSPS) is 12.5. The van der Waals surface area contributed by atoms with E-state index in [0.717, 1.165) is 0 Å². The number of benzene rings is 1. The number of nitrogen functional groups attached to an aromatic ring is 1. The van der Waals surface area contributed by atoms with E-state index < -0.39 is 7.94 Å². The van der Waals surface area contributed by atoms with Gasteiger partial charge < -0.3 is 0 Å². The first-order valence-electron chi connectivity index (χ1n) is 4.44. The topological polar surface area (TPSA) is 64.7 Å². The third-order valence-corrected chi connectivity index (χ3v) is 3.04. The predicted octanol–water partition coefficient (Wildman–Crippen LogP) is 1.80. The average Bonchev–Trinajstić information content (AvgIpc) is 2.08. The SMILES string of the molecule is CCO[PH](C)(O)Oc1ccc(N)cc1. The fourth-order valence-electron chi connectivity index (χ4n) is 1.05. The molecule has 0 radical (unpaired) electrons. The molecule has 0 heterocycles. The monoisotopic (exact) mass is 217 g/mol. The van der Waals surface area contributed by atoms with Crippen molar-refractivity contribution in [3.63, 3.8) is 0 Å². The zero-order chi connectivity index (χ0) is 10.6. The van der Waals surface area contributed by atoms with Gasteiger partial charge in [0.25, 0.3) is 0 Å². The fraction of sp³-hybridized carbons (Fsp3) is 0.333. The molecule has 1 aromatic carbocycles. The fourth-order valence-corrected chi connectivity index (χ4v) is 2.22. The number of rotatable bonds is 4. The number of hydrogen-bond acceptors (Lipinski definition) is 4. The second-order valence-electron chi connectivity index (χ2n) is 3.00. The van der Waals surface area contributed by atoms with Crippen LogP contribution in [0.1, 0.15) is 6.92 Å². The van der Waals surface area contributed by atoms with Gasteiger partial charge in [-0.2, -0.15) is 0 Å². The van der Waals surface area contributed by atoms with Gasteiger partial charge in [-0.3, -0.25) is 0 Å². The van der Waals surface area contributed by atoms with Gasteiger partial charge in [0.05, 0.1) is 0 Å². The van der Waals surface area contributed by atoms with Crippen LogP contribution in [0.2, 0.25) is 0 Å². The van der Waals surface area contributed by atoms with E-state index in [1.807, 2.05) is 6.92 Å². The molecule has 0 saturated heterocycles. The summed E-state index contributed by atoms with van der Waals surface area (Å²) in [7, 11) is -3.00. The molecule has 4 nitrogen and oxygen atoms in total. The summed E-state index contributed by atoms with van der Waals surface area (Å²) in [5.41, 5.74) is 6.17. The molecule has 0 spiro atoms. The molecular weight excluding hydrogens is 201 g/mol. The van der Waals surface area contributed by atoms with Gasteiger partial charge in [0.2, 0.25) is 0 Å². The molecule has 0 fully saturated rings. The van der Waals surface area contributed by atoms with Crippen molar-refractivity contribution < 1.29 is 13.9 Å². The van der Waals surface area contributed by atoms with Crippen molar-refractivity contribution in [2.45, 2.75) is 6.92 Å². The van der Waals surface area contributed by atoms with Crippen LogP contribution >= 0.6 is 7.94 Å². The van der Waals surface area contributed by atoms with E-state index in [-0.39, 0.29) is 0 Å². The second kappa shape index (κ2) is 4.60. The van der Waals surface area contributed by atoms with Crippen molar-refractivity contribution in [1.82, 2.24) is 0 Å². The van der Waals surface area contributed by atoms with E-state index in [4.69, 9.17) is 14.8 Å². The summed E-state index contributed by atoms with van der Waals surface area (Å²) in [6.07, 6.45) is 0. The first-order valence-corrected chi connectivity index (χ1v) is 6.71. The Morgan fingerprint density at radius 3 is 2.43 bits per heavy atom. The van der Waals surface area contributed by atoms with Crippen LogP contribution in [0.3, 0.4) is 0 Å². The van der Waals surface area contributed by atoms with Crippen LogP contribution in [-0.4, -0.2) is 18.2 Å². The van der Waals surface area contributed by atoms with Crippen molar-refractivity contribution >= 4 is 13.6 Å². The van der Waals surface area contributed by atoms with Crippen LogP contribution in [0.4, 0.5) is 5.69 Å². The Kier molecular flexibility index (Phi) is 3.69. The summed E-state index contributed by atoms with van der Waals surface area (Å²) in [6, 6.07) is 6.84. The first kappa shape index (κ1) is 11.2. The van der Waals surface area contributed by atoms with Crippen LogP contribution in [0.25, 0.3) is 0 Å². The van der Waals surface area contributed by atoms with Gasteiger partial charge in [-0.25, -0.2) is 0 Å². The summed E-state index contributed by atoms with van der Waals surface area (Å²) in [4.78, 5) is 9.70. The molecule has 0 aliphatic carbocycles. The standard InChI is InChI=1S/C9H16NO3P/c1-3-12-14(2,11)13-9-6-4-8(10)5-7-9/h4-7,11,14H,3,10H2,1-2H3. The second-order valence-corrected chi connectivity index (χ2v) is 5.29. The molecule has 0 aliphatic heterocycles. The van der Waals surface area contributed by atoms with Gasteiger partial charge in [-0.05, 0) is 0 Å². The predicted molar refractivity (Wildman–Crippen MR) is 59.6 cm³/mol. The van der Waals surface area contributed by atoms with Gasteiger partial charge in [0.1, 0.15) is 0 Å². The summed E-state index contributed by atoms with van der Waals surface area (Å²) >= 11 is 0. The van der Waals surface area contributed by atoms with Gasteiger partial charge in [-0.1, -0.05) is 0 Å². The summed E-state index contributed by atoms with van der Waals surface area (Å²) < 4.78 is 10.4. The number of hydrogen-bond donors (Lipinski definition) is 2. The van der Waals surface area contributed by atoms with Crippen molar-refractivity contribution in [3.05, 3.63) is 24.3 Å². The van der Waals surface area contributed by atoms with E-state index in [0.29, 0.717) is 18.0 Å². The van der Waals surface area contributed by atoms with E-state index in [9.17, 15) is 4.89 Å². The molecule has 14 heavy (non-hydrogen) atoms. The molecular formula is C9H16NO3P. The Hall–Kier alpha value is -0.830. The molecule has 0 amide bonds. The van der Waals surface area contributed by atoms with Gasteiger partial charge >= 0.3 is 83.5 Å². The van der Waals surface area contributed by atoms with Crippen molar-refractivity contribution in [3.8, 4) is 5.75 Å². The van der Waals surface area contributed by atoms with E-state index in [2.05, 4.69) is 0 Å². The van der Waals surface area contributed by atoms with E-state index >= 15 is 0 Å². The molecule has 1 aromatic rings. The summed E-state index contributed by atoms with van der Waals surface area (Å²) in [5.74, 6) is 0.573. The molecule has 1 rings (SSSR count). The maximum absolute atomic E-state index is 9.70. The molecule has 0 bridgehead atoms. The molecule has 0 unspecified atom stereocenters. The minimum absolute atomic E-state index is 0.439. The van der Waals surface area contributed by atoms with Crippen molar-refractivity contribution in [2.24, 2.45) is 0 Å². The zero-order valence-corrected chi connectivity index (χ0v) is 9.36. The summed E-state index contributed by atoms with van der Waals surface area (Å²) in [6.45, 7) is 3.83. The molecule has 0 saturated carbocycles. The first-order chi connectivity index (χ1) is 6.53. The van der Waals surface area contributed by atoms with Gasteiger partial charge in [0.15, 0.2) is 0 Å². The Balaban J connectivity index is 2.64. The van der Waals surface area contributed by atoms with Crippen LogP contribution < -0.4 is 10.3 Å². The molecule has 0 atom stereocenters. The average molecular weight is 217 g/mol. The van der Waals surface area contributed by atoms with Gasteiger partial charge in [-0.15, -0.1) is 0 Å². The number of anilines is 1. The van der Waals surface area contributed by atoms with Crippen LogP contribution in [0, 0.1) is 0 Å². The molecule has 5 heteroatoms. The zero-order valence-electron chi connectivity index (χ0n) is 8.36.